The number of hydrogen-bond donors (Lipinski definition) is 1. The predicted molar refractivity (Wildman–Crippen MR) is 73.5 cm³/mol. The summed E-state index contributed by atoms with van der Waals surface area (Å²) in [5.74, 6) is 1.14. The third kappa shape index (κ3) is 1.65. The molecule has 4 rings (SSSR count). The van der Waals surface area contributed by atoms with Gasteiger partial charge in [-0.25, -0.2) is 4.98 Å². The summed E-state index contributed by atoms with van der Waals surface area (Å²) in [6, 6.07) is 8.50. The number of fused-ring (bicyclic) bond motifs is 2. The van der Waals surface area contributed by atoms with E-state index < -0.39 is 0 Å². The minimum Gasteiger partial charge on any atom is -0.310 e. The summed E-state index contributed by atoms with van der Waals surface area (Å²) in [6.07, 6.45) is 5.05. The van der Waals surface area contributed by atoms with Crippen molar-refractivity contribution in [2.75, 3.05) is 0 Å². The van der Waals surface area contributed by atoms with Crippen molar-refractivity contribution in [3.8, 4) is 0 Å². The zero-order chi connectivity index (χ0) is 12.8. The maximum absolute atomic E-state index is 12.1. The van der Waals surface area contributed by atoms with E-state index in [0.29, 0.717) is 0 Å². The molecule has 0 aliphatic heterocycles. The molecule has 0 spiro atoms. The standard InChI is InChI=1S/C16H16N2O/c19-16-13-6-3-7-14(13)17-15(18-16)12-9-8-10-4-1-2-5-11(10)12/h1-2,4-5,12H,3,6-9H2,(H,17,18,19). The molecule has 96 valence electrons. The van der Waals surface area contributed by atoms with Gasteiger partial charge in [0.05, 0.1) is 5.69 Å². The van der Waals surface area contributed by atoms with E-state index in [1.165, 1.54) is 11.1 Å². The number of aromatic amines is 1. The summed E-state index contributed by atoms with van der Waals surface area (Å²) in [5.41, 5.74) is 4.76. The normalized spacial score (nSPS) is 20.3. The van der Waals surface area contributed by atoms with Crippen LogP contribution in [0.15, 0.2) is 29.1 Å². The highest BCUT2D eigenvalue weighted by molar-refractivity contribution is 5.39. The minimum absolute atomic E-state index is 0.0851. The van der Waals surface area contributed by atoms with E-state index in [-0.39, 0.29) is 11.5 Å². The van der Waals surface area contributed by atoms with Crippen LogP contribution in [0.25, 0.3) is 0 Å². The minimum atomic E-state index is 0.0851. The van der Waals surface area contributed by atoms with Crippen molar-refractivity contribution in [3.05, 3.63) is 62.8 Å². The summed E-state index contributed by atoms with van der Waals surface area (Å²) in [6.45, 7) is 0. The van der Waals surface area contributed by atoms with Crippen LogP contribution >= 0.6 is 0 Å². The van der Waals surface area contributed by atoms with Gasteiger partial charge in [-0.15, -0.1) is 0 Å². The number of benzene rings is 1. The number of aromatic nitrogens is 2. The molecule has 0 saturated heterocycles. The largest absolute Gasteiger partial charge is 0.310 e. The van der Waals surface area contributed by atoms with E-state index in [9.17, 15) is 4.79 Å². The van der Waals surface area contributed by atoms with E-state index in [4.69, 9.17) is 4.98 Å². The van der Waals surface area contributed by atoms with E-state index in [2.05, 4.69) is 29.2 Å². The van der Waals surface area contributed by atoms with Crippen molar-refractivity contribution in [3.63, 3.8) is 0 Å². The Labute approximate surface area is 111 Å². The summed E-state index contributed by atoms with van der Waals surface area (Å²) in [5, 5.41) is 0. The van der Waals surface area contributed by atoms with Crippen LogP contribution in [-0.2, 0) is 19.3 Å². The Bertz CT molecular complexity index is 702. The number of rotatable bonds is 1. The van der Waals surface area contributed by atoms with Gasteiger partial charge in [-0.05, 0) is 43.2 Å². The lowest BCUT2D eigenvalue weighted by Gasteiger charge is -2.12. The molecular weight excluding hydrogens is 236 g/mol. The molecule has 0 radical (unpaired) electrons. The van der Waals surface area contributed by atoms with Gasteiger partial charge in [0.2, 0.25) is 0 Å². The van der Waals surface area contributed by atoms with Gasteiger partial charge in [0.1, 0.15) is 5.82 Å². The first-order chi connectivity index (χ1) is 9.33. The molecule has 1 N–H and O–H groups in total. The first-order valence-electron chi connectivity index (χ1n) is 7.02. The van der Waals surface area contributed by atoms with E-state index in [1.807, 2.05) is 0 Å². The second kappa shape index (κ2) is 4.05. The van der Waals surface area contributed by atoms with Crippen molar-refractivity contribution >= 4 is 0 Å². The number of aryl methyl sites for hydroxylation is 2. The highest BCUT2D eigenvalue weighted by Gasteiger charge is 2.27. The van der Waals surface area contributed by atoms with E-state index in [0.717, 1.165) is 49.2 Å². The molecule has 0 fully saturated rings. The topological polar surface area (TPSA) is 45.8 Å². The van der Waals surface area contributed by atoms with Crippen molar-refractivity contribution in [1.82, 2.24) is 9.97 Å². The van der Waals surface area contributed by atoms with Crippen LogP contribution in [-0.4, -0.2) is 9.97 Å². The Hall–Kier alpha value is -1.90. The molecular formula is C16H16N2O. The van der Waals surface area contributed by atoms with Crippen LogP contribution in [0.2, 0.25) is 0 Å². The number of nitrogens with one attached hydrogen (secondary N) is 1. The Kier molecular flexibility index (Phi) is 2.34. The monoisotopic (exact) mass is 252 g/mol. The maximum Gasteiger partial charge on any atom is 0.254 e. The fraction of sp³-hybridized carbons (Fsp3) is 0.375. The smallest absolute Gasteiger partial charge is 0.254 e. The zero-order valence-electron chi connectivity index (χ0n) is 10.8. The van der Waals surface area contributed by atoms with Crippen LogP contribution in [0.5, 0.6) is 0 Å². The molecule has 2 aliphatic carbocycles. The Morgan fingerprint density at radius 2 is 2.05 bits per heavy atom. The van der Waals surface area contributed by atoms with Crippen molar-refractivity contribution in [2.24, 2.45) is 0 Å². The third-order valence-electron chi connectivity index (χ3n) is 4.42. The molecule has 0 saturated carbocycles. The SMILES string of the molecule is O=c1[nH]c(C2CCc3ccccc32)nc2c1CCC2. The van der Waals surface area contributed by atoms with Gasteiger partial charge >= 0.3 is 0 Å². The molecule has 1 aromatic heterocycles. The number of nitrogens with zero attached hydrogens (tertiary/aromatic N) is 1. The molecule has 0 bridgehead atoms. The van der Waals surface area contributed by atoms with Crippen molar-refractivity contribution in [1.29, 1.82) is 0 Å². The molecule has 19 heavy (non-hydrogen) atoms. The lowest BCUT2D eigenvalue weighted by Crippen LogP contribution is -2.19. The fourth-order valence-corrected chi connectivity index (χ4v) is 3.47. The van der Waals surface area contributed by atoms with Crippen LogP contribution in [0.3, 0.4) is 0 Å². The molecule has 1 unspecified atom stereocenters. The summed E-state index contributed by atoms with van der Waals surface area (Å²) < 4.78 is 0. The van der Waals surface area contributed by atoms with Gasteiger partial charge < -0.3 is 4.98 Å². The molecule has 2 aromatic rings. The van der Waals surface area contributed by atoms with Crippen LogP contribution in [0, 0.1) is 0 Å². The van der Waals surface area contributed by atoms with Gasteiger partial charge in [0, 0.05) is 11.5 Å². The van der Waals surface area contributed by atoms with Gasteiger partial charge in [-0.2, -0.15) is 0 Å². The summed E-state index contributed by atoms with van der Waals surface area (Å²) in [7, 11) is 0. The average Bonchev–Trinajstić information content (AvgIpc) is 3.04. The number of H-pyrrole nitrogens is 1. The predicted octanol–water partition coefficient (Wildman–Crippen LogP) is 2.34. The molecule has 3 heteroatoms. The first-order valence-corrected chi connectivity index (χ1v) is 7.02. The molecule has 2 aliphatic rings. The van der Waals surface area contributed by atoms with Crippen molar-refractivity contribution in [2.45, 2.75) is 38.0 Å². The first kappa shape index (κ1) is 11.0. The lowest BCUT2D eigenvalue weighted by molar-refractivity contribution is 0.714. The molecule has 3 nitrogen and oxygen atoms in total. The Morgan fingerprint density at radius 3 is 3.00 bits per heavy atom. The van der Waals surface area contributed by atoms with Gasteiger partial charge in [-0.3, -0.25) is 4.79 Å². The van der Waals surface area contributed by atoms with Gasteiger partial charge in [-0.1, -0.05) is 24.3 Å². The molecule has 1 atom stereocenters. The third-order valence-corrected chi connectivity index (χ3v) is 4.42. The maximum atomic E-state index is 12.1. The molecule has 0 amide bonds. The molecule has 1 heterocycles. The highest BCUT2D eigenvalue weighted by Crippen LogP contribution is 2.36. The van der Waals surface area contributed by atoms with E-state index >= 15 is 0 Å². The van der Waals surface area contributed by atoms with E-state index in [1.54, 1.807) is 0 Å². The number of hydrogen-bond acceptors (Lipinski definition) is 2. The van der Waals surface area contributed by atoms with Crippen LogP contribution in [0.1, 0.15) is 47.0 Å². The van der Waals surface area contributed by atoms with Crippen molar-refractivity contribution < 1.29 is 0 Å². The Morgan fingerprint density at radius 1 is 1.16 bits per heavy atom. The highest BCUT2D eigenvalue weighted by atomic mass is 16.1. The average molecular weight is 252 g/mol. The summed E-state index contributed by atoms with van der Waals surface area (Å²) >= 11 is 0. The second-order valence-corrected chi connectivity index (χ2v) is 5.52. The molecule has 1 aromatic carbocycles. The van der Waals surface area contributed by atoms with Gasteiger partial charge in [0.15, 0.2) is 0 Å². The van der Waals surface area contributed by atoms with Gasteiger partial charge in [0.25, 0.3) is 5.56 Å². The summed E-state index contributed by atoms with van der Waals surface area (Å²) in [4.78, 5) is 19.9. The second-order valence-electron chi connectivity index (χ2n) is 5.52. The zero-order valence-corrected chi connectivity index (χ0v) is 10.8. The fourth-order valence-electron chi connectivity index (χ4n) is 3.47. The quantitative estimate of drug-likeness (QED) is 0.846. The van der Waals surface area contributed by atoms with Crippen LogP contribution < -0.4 is 5.56 Å². The Balaban J connectivity index is 1.83. The lowest BCUT2D eigenvalue weighted by atomic mass is 10.0. The van der Waals surface area contributed by atoms with Crippen LogP contribution in [0.4, 0.5) is 0 Å².